The minimum absolute atomic E-state index is 0.557. The molecule has 0 unspecified atom stereocenters. The van der Waals surface area contributed by atoms with Crippen LogP contribution in [0.3, 0.4) is 0 Å². The van der Waals surface area contributed by atoms with Crippen molar-refractivity contribution < 1.29 is 0 Å². The van der Waals surface area contributed by atoms with Crippen LogP contribution >= 0.6 is 7.26 Å². The zero-order valence-electron chi connectivity index (χ0n) is 16.5. The summed E-state index contributed by atoms with van der Waals surface area (Å²) < 4.78 is 0. The van der Waals surface area contributed by atoms with E-state index in [1.807, 2.05) is 0 Å². The van der Waals surface area contributed by atoms with Crippen molar-refractivity contribution in [2.45, 2.75) is 32.7 Å². The molecule has 0 saturated heterocycles. The van der Waals surface area contributed by atoms with Crippen LogP contribution in [0.1, 0.15) is 26.7 Å². The first-order valence-corrected chi connectivity index (χ1v) is 12.0. The molecular formula is C25H31NP+. The Balaban J connectivity index is 2.01. The summed E-state index contributed by atoms with van der Waals surface area (Å²) in [6.45, 7) is 5.53. The van der Waals surface area contributed by atoms with Crippen LogP contribution in [-0.2, 0) is 0 Å². The molecular weight excluding hydrogens is 345 g/mol. The number of hydrogen-bond donors (Lipinski definition) is 1. The van der Waals surface area contributed by atoms with Crippen molar-refractivity contribution in [1.82, 2.24) is 5.32 Å². The van der Waals surface area contributed by atoms with Crippen LogP contribution in [0.25, 0.3) is 0 Å². The molecule has 3 rings (SSSR count). The second-order valence-corrected chi connectivity index (χ2v) is 11.0. The van der Waals surface area contributed by atoms with Gasteiger partial charge in [0.25, 0.3) is 0 Å². The van der Waals surface area contributed by atoms with Crippen molar-refractivity contribution in [1.29, 1.82) is 0 Å². The van der Waals surface area contributed by atoms with Gasteiger partial charge < -0.3 is 5.32 Å². The molecule has 0 bridgehead atoms. The van der Waals surface area contributed by atoms with Gasteiger partial charge in [0.05, 0.1) is 6.16 Å². The molecule has 0 saturated carbocycles. The first kappa shape index (κ1) is 19.8. The van der Waals surface area contributed by atoms with E-state index < -0.39 is 7.26 Å². The second-order valence-electron chi connectivity index (χ2n) is 7.36. The van der Waals surface area contributed by atoms with Crippen LogP contribution in [0.15, 0.2) is 91.0 Å². The van der Waals surface area contributed by atoms with Crippen molar-refractivity contribution in [3.63, 3.8) is 0 Å². The van der Waals surface area contributed by atoms with E-state index in [2.05, 4.69) is 110 Å². The van der Waals surface area contributed by atoms with Crippen molar-refractivity contribution in [3.8, 4) is 0 Å². The minimum Gasteiger partial charge on any atom is -0.315 e. The molecule has 0 fully saturated rings. The summed E-state index contributed by atoms with van der Waals surface area (Å²) in [4.78, 5) is 0. The molecule has 27 heavy (non-hydrogen) atoms. The lowest BCUT2D eigenvalue weighted by Gasteiger charge is -2.27. The van der Waals surface area contributed by atoms with Gasteiger partial charge in [-0.3, -0.25) is 0 Å². The fraction of sp³-hybridized carbons (Fsp3) is 0.280. The summed E-state index contributed by atoms with van der Waals surface area (Å²) in [5.74, 6) is 0. The number of benzene rings is 3. The fourth-order valence-electron chi connectivity index (χ4n) is 3.75. The summed E-state index contributed by atoms with van der Waals surface area (Å²) in [5, 5.41) is 8.02. The van der Waals surface area contributed by atoms with Gasteiger partial charge in [0, 0.05) is 6.04 Å². The summed E-state index contributed by atoms with van der Waals surface area (Å²) in [7, 11) is -1.64. The van der Waals surface area contributed by atoms with E-state index in [4.69, 9.17) is 0 Å². The molecule has 0 aromatic heterocycles. The highest BCUT2D eigenvalue weighted by atomic mass is 31.2. The summed E-state index contributed by atoms with van der Waals surface area (Å²) in [6, 6.07) is 34.1. The Morgan fingerprint density at radius 2 is 1.04 bits per heavy atom. The molecule has 140 valence electrons. The highest BCUT2D eigenvalue weighted by molar-refractivity contribution is 7.95. The number of unbranched alkanes of at least 4 members (excludes halogenated alkanes) is 1. The first-order valence-electron chi connectivity index (χ1n) is 10.0. The monoisotopic (exact) mass is 376 g/mol. The SMILES string of the molecule is CC(C)NCCCC[P+](c1ccccc1)(c1ccccc1)c1ccccc1. The predicted octanol–water partition coefficient (Wildman–Crippen LogP) is 4.76. The van der Waals surface area contributed by atoms with E-state index in [1.54, 1.807) is 0 Å². The number of hydrogen-bond acceptors (Lipinski definition) is 1. The van der Waals surface area contributed by atoms with Crippen LogP contribution < -0.4 is 21.2 Å². The van der Waals surface area contributed by atoms with Crippen LogP contribution in [0.2, 0.25) is 0 Å². The van der Waals surface area contributed by atoms with Crippen molar-refractivity contribution in [3.05, 3.63) is 91.0 Å². The summed E-state index contributed by atoms with van der Waals surface area (Å²) in [6.07, 6.45) is 3.66. The van der Waals surface area contributed by atoms with E-state index in [1.165, 1.54) is 34.9 Å². The van der Waals surface area contributed by atoms with E-state index in [9.17, 15) is 0 Å². The van der Waals surface area contributed by atoms with Gasteiger partial charge in [0.15, 0.2) is 0 Å². The Labute approximate surface area is 165 Å². The topological polar surface area (TPSA) is 12.0 Å². The zero-order chi connectivity index (χ0) is 19.0. The second kappa shape index (κ2) is 9.83. The molecule has 1 N–H and O–H groups in total. The molecule has 0 radical (unpaired) electrons. The lowest BCUT2D eigenvalue weighted by Crippen LogP contribution is -2.33. The number of nitrogens with one attached hydrogen (secondary N) is 1. The molecule has 0 spiro atoms. The molecule has 0 aliphatic carbocycles. The minimum atomic E-state index is -1.64. The van der Waals surface area contributed by atoms with E-state index in [0.29, 0.717) is 6.04 Å². The molecule has 3 aromatic carbocycles. The highest BCUT2D eigenvalue weighted by Crippen LogP contribution is 2.55. The van der Waals surface area contributed by atoms with Gasteiger partial charge in [-0.25, -0.2) is 0 Å². The molecule has 0 heterocycles. The Kier molecular flexibility index (Phi) is 7.21. The normalized spacial score (nSPS) is 11.7. The molecule has 2 heteroatoms. The largest absolute Gasteiger partial charge is 0.315 e. The van der Waals surface area contributed by atoms with Crippen LogP contribution in [0.4, 0.5) is 0 Å². The van der Waals surface area contributed by atoms with Gasteiger partial charge in [-0.15, -0.1) is 0 Å². The molecule has 0 amide bonds. The third-order valence-corrected chi connectivity index (χ3v) is 9.59. The molecule has 0 aliphatic heterocycles. The average Bonchev–Trinajstić information content (AvgIpc) is 2.73. The number of rotatable bonds is 9. The van der Waals surface area contributed by atoms with Crippen molar-refractivity contribution in [2.24, 2.45) is 0 Å². The molecule has 0 aliphatic rings. The van der Waals surface area contributed by atoms with E-state index >= 15 is 0 Å². The summed E-state index contributed by atoms with van der Waals surface area (Å²) in [5.41, 5.74) is 0. The van der Waals surface area contributed by atoms with Gasteiger partial charge in [-0.2, -0.15) is 0 Å². The van der Waals surface area contributed by atoms with Crippen molar-refractivity contribution >= 4 is 23.2 Å². The first-order chi connectivity index (χ1) is 13.2. The van der Waals surface area contributed by atoms with Gasteiger partial charge in [-0.05, 0) is 55.8 Å². The van der Waals surface area contributed by atoms with E-state index in [-0.39, 0.29) is 0 Å². The third-order valence-electron chi connectivity index (χ3n) is 5.06. The molecule has 0 atom stereocenters. The van der Waals surface area contributed by atoms with Crippen LogP contribution in [-0.4, -0.2) is 18.7 Å². The maximum Gasteiger partial charge on any atom is 0.112 e. The fourth-order valence-corrected chi connectivity index (χ4v) is 8.16. The zero-order valence-corrected chi connectivity index (χ0v) is 17.4. The Morgan fingerprint density at radius 3 is 1.41 bits per heavy atom. The van der Waals surface area contributed by atoms with Gasteiger partial charge in [-0.1, -0.05) is 68.4 Å². The highest BCUT2D eigenvalue weighted by Gasteiger charge is 2.44. The summed E-state index contributed by atoms with van der Waals surface area (Å²) >= 11 is 0. The van der Waals surface area contributed by atoms with Gasteiger partial charge in [0.2, 0.25) is 0 Å². The Morgan fingerprint density at radius 1 is 0.630 bits per heavy atom. The lowest BCUT2D eigenvalue weighted by atomic mass is 10.3. The maximum atomic E-state index is 3.56. The quantitative estimate of drug-likeness (QED) is 0.419. The predicted molar refractivity (Wildman–Crippen MR) is 122 cm³/mol. The van der Waals surface area contributed by atoms with E-state index in [0.717, 1.165) is 6.54 Å². The average molecular weight is 377 g/mol. The maximum absolute atomic E-state index is 3.56. The smallest absolute Gasteiger partial charge is 0.112 e. The van der Waals surface area contributed by atoms with Gasteiger partial charge in [0.1, 0.15) is 23.2 Å². The lowest BCUT2D eigenvalue weighted by molar-refractivity contribution is 0.567. The van der Waals surface area contributed by atoms with Gasteiger partial charge >= 0.3 is 0 Å². The molecule has 3 aromatic rings. The third kappa shape index (κ3) is 4.86. The standard InChI is InChI=1S/C25H31NP/c1-22(2)26-20-12-13-21-27(23-14-6-3-7-15-23,24-16-8-4-9-17-24)25-18-10-5-11-19-25/h3-11,14-19,22,26H,12-13,20-21H2,1-2H3/q+1. The Hall–Kier alpha value is -1.95. The Bertz CT molecular complexity index is 688. The van der Waals surface area contributed by atoms with Crippen LogP contribution in [0, 0.1) is 0 Å². The molecule has 1 nitrogen and oxygen atoms in total. The van der Waals surface area contributed by atoms with Crippen molar-refractivity contribution in [2.75, 3.05) is 12.7 Å². The van der Waals surface area contributed by atoms with Crippen LogP contribution in [0.5, 0.6) is 0 Å².